The number of hydrogen-bond acceptors (Lipinski definition) is 3. The summed E-state index contributed by atoms with van der Waals surface area (Å²) in [5, 5.41) is 2.43. The molecule has 2 aromatic rings. The monoisotopic (exact) mass is 389 g/mol. The highest BCUT2D eigenvalue weighted by Crippen LogP contribution is 2.25. The van der Waals surface area contributed by atoms with E-state index in [4.69, 9.17) is 4.74 Å². The van der Waals surface area contributed by atoms with E-state index in [-0.39, 0.29) is 12.3 Å². The first-order valence-corrected chi connectivity index (χ1v) is 7.15. The van der Waals surface area contributed by atoms with E-state index in [1.54, 1.807) is 24.3 Å². The lowest BCUT2D eigenvalue weighted by atomic mass is 10.3. The molecule has 0 aliphatic rings. The number of carbonyl (C=O) groups excluding carboxylic acids is 1. The van der Waals surface area contributed by atoms with Gasteiger partial charge in [-0.2, -0.15) is 0 Å². The molecule has 0 atom stereocenters. The van der Waals surface area contributed by atoms with Gasteiger partial charge in [0, 0.05) is 16.2 Å². The summed E-state index contributed by atoms with van der Waals surface area (Å²) in [6.07, 6.45) is -4.78. The molecule has 2 aromatic carbocycles. The van der Waals surface area contributed by atoms with Crippen molar-refractivity contribution < 1.29 is 27.4 Å². The number of benzene rings is 2. The van der Waals surface area contributed by atoms with E-state index in [1.807, 2.05) is 0 Å². The Bertz CT molecular complexity index is 674. The summed E-state index contributed by atoms with van der Waals surface area (Å²) in [7, 11) is 0. The molecule has 4 nitrogen and oxygen atoms in total. The first-order valence-electron chi connectivity index (χ1n) is 6.36. The fraction of sp³-hybridized carbons (Fsp3) is 0.133. The molecule has 0 bridgehead atoms. The lowest BCUT2D eigenvalue weighted by Gasteiger charge is -2.11. The predicted molar refractivity (Wildman–Crippen MR) is 81.4 cm³/mol. The number of rotatable bonds is 5. The van der Waals surface area contributed by atoms with Gasteiger partial charge in [0.2, 0.25) is 0 Å². The molecule has 8 heteroatoms. The van der Waals surface area contributed by atoms with Gasteiger partial charge < -0.3 is 14.8 Å². The number of carbonyl (C=O) groups is 1. The Balaban J connectivity index is 1.89. The van der Waals surface area contributed by atoms with Gasteiger partial charge in [-0.25, -0.2) is 0 Å². The molecule has 0 aromatic heterocycles. The quantitative estimate of drug-likeness (QED) is 0.825. The molecular formula is C15H11BrF3NO3. The summed E-state index contributed by atoms with van der Waals surface area (Å²) in [5.41, 5.74) is 0.177. The molecule has 0 aliphatic carbocycles. The largest absolute Gasteiger partial charge is 0.573 e. The molecule has 0 fully saturated rings. The van der Waals surface area contributed by atoms with Gasteiger partial charge in [0.15, 0.2) is 6.61 Å². The number of ether oxygens (including phenoxy) is 2. The topological polar surface area (TPSA) is 47.6 Å². The molecule has 2 rings (SSSR count). The molecule has 0 saturated heterocycles. The van der Waals surface area contributed by atoms with Crippen LogP contribution in [0.3, 0.4) is 0 Å². The summed E-state index contributed by atoms with van der Waals surface area (Å²) in [6, 6.07) is 11.9. The lowest BCUT2D eigenvalue weighted by Crippen LogP contribution is -2.20. The Kier molecular flexibility index (Phi) is 5.49. The number of anilines is 1. The summed E-state index contributed by atoms with van der Waals surface area (Å²) >= 11 is 3.27. The zero-order chi connectivity index (χ0) is 16.9. The van der Waals surface area contributed by atoms with Gasteiger partial charge in [0.25, 0.3) is 5.91 Å². The minimum atomic E-state index is -4.78. The molecule has 0 saturated carbocycles. The highest BCUT2D eigenvalue weighted by atomic mass is 79.9. The average Bonchev–Trinajstić information content (AvgIpc) is 2.45. The van der Waals surface area contributed by atoms with Crippen molar-refractivity contribution in [3.8, 4) is 11.5 Å². The van der Waals surface area contributed by atoms with Crippen LogP contribution in [0.15, 0.2) is 53.0 Å². The van der Waals surface area contributed by atoms with Gasteiger partial charge in [-0.1, -0.05) is 22.0 Å². The summed E-state index contributed by atoms with van der Waals surface area (Å²) in [4.78, 5) is 11.7. The Morgan fingerprint density at radius 2 is 1.78 bits per heavy atom. The van der Waals surface area contributed by atoms with Gasteiger partial charge >= 0.3 is 6.36 Å². The number of hydrogen-bond donors (Lipinski definition) is 1. The molecule has 0 aliphatic heterocycles. The smallest absolute Gasteiger partial charge is 0.484 e. The van der Waals surface area contributed by atoms with Crippen molar-refractivity contribution in [2.24, 2.45) is 0 Å². The molecule has 0 spiro atoms. The normalized spacial score (nSPS) is 11.0. The third kappa shape index (κ3) is 6.19. The van der Waals surface area contributed by atoms with E-state index < -0.39 is 18.0 Å². The van der Waals surface area contributed by atoms with Crippen LogP contribution in [0.5, 0.6) is 11.5 Å². The summed E-state index contributed by atoms with van der Waals surface area (Å²) < 4.78 is 46.3. The van der Waals surface area contributed by atoms with Crippen molar-refractivity contribution >= 4 is 27.5 Å². The van der Waals surface area contributed by atoms with Crippen molar-refractivity contribution in [3.05, 3.63) is 53.0 Å². The van der Waals surface area contributed by atoms with Crippen molar-refractivity contribution in [2.45, 2.75) is 6.36 Å². The lowest BCUT2D eigenvalue weighted by molar-refractivity contribution is -0.274. The van der Waals surface area contributed by atoms with E-state index >= 15 is 0 Å². The molecule has 0 unspecified atom stereocenters. The second-order valence-corrected chi connectivity index (χ2v) is 5.28. The van der Waals surface area contributed by atoms with Gasteiger partial charge in [-0.05, 0) is 36.4 Å². The third-order valence-corrected chi connectivity index (χ3v) is 3.06. The molecule has 1 N–H and O–H groups in total. The van der Waals surface area contributed by atoms with Crippen LogP contribution in [0.4, 0.5) is 18.9 Å². The van der Waals surface area contributed by atoms with E-state index in [9.17, 15) is 18.0 Å². The molecule has 23 heavy (non-hydrogen) atoms. The maximum absolute atomic E-state index is 12.1. The highest BCUT2D eigenvalue weighted by molar-refractivity contribution is 9.10. The van der Waals surface area contributed by atoms with E-state index in [0.29, 0.717) is 5.75 Å². The fourth-order valence-electron chi connectivity index (χ4n) is 1.65. The molecule has 122 valence electrons. The fourth-order valence-corrected chi connectivity index (χ4v) is 1.91. The second kappa shape index (κ2) is 7.36. The van der Waals surface area contributed by atoms with Crippen molar-refractivity contribution in [1.29, 1.82) is 0 Å². The number of amides is 1. The zero-order valence-corrected chi connectivity index (χ0v) is 13.1. The molecular weight excluding hydrogens is 379 g/mol. The minimum absolute atomic E-state index is 0.177. The van der Waals surface area contributed by atoms with E-state index in [2.05, 4.69) is 26.0 Å². The maximum atomic E-state index is 12.1. The zero-order valence-electron chi connectivity index (χ0n) is 11.6. The second-order valence-electron chi connectivity index (χ2n) is 4.37. The van der Waals surface area contributed by atoms with E-state index in [0.717, 1.165) is 16.6 Å². The number of alkyl halides is 3. The Morgan fingerprint density at radius 3 is 2.43 bits per heavy atom. The SMILES string of the molecule is O=C(COc1ccc(Br)cc1)Nc1cccc(OC(F)(F)F)c1. The predicted octanol–water partition coefficient (Wildman–Crippen LogP) is 4.37. The molecule has 1 amide bonds. The van der Waals surface area contributed by atoms with Crippen LogP contribution in [0.1, 0.15) is 0 Å². The first-order chi connectivity index (χ1) is 10.8. The van der Waals surface area contributed by atoms with Crippen molar-refractivity contribution in [3.63, 3.8) is 0 Å². The van der Waals surface area contributed by atoms with Gasteiger partial charge in [-0.15, -0.1) is 13.2 Å². The van der Waals surface area contributed by atoms with Gasteiger partial charge in [0.1, 0.15) is 11.5 Å². The van der Waals surface area contributed by atoms with Crippen molar-refractivity contribution in [1.82, 2.24) is 0 Å². The highest BCUT2D eigenvalue weighted by Gasteiger charge is 2.31. The Labute approximate surface area is 138 Å². The van der Waals surface area contributed by atoms with Crippen LogP contribution in [-0.2, 0) is 4.79 Å². The van der Waals surface area contributed by atoms with Gasteiger partial charge in [-0.3, -0.25) is 4.79 Å². The Hall–Kier alpha value is -2.22. The average molecular weight is 390 g/mol. The summed E-state index contributed by atoms with van der Waals surface area (Å²) in [5.74, 6) is -0.418. The third-order valence-electron chi connectivity index (χ3n) is 2.53. The first kappa shape index (κ1) is 17.1. The van der Waals surface area contributed by atoms with Crippen LogP contribution in [-0.4, -0.2) is 18.9 Å². The maximum Gasteiger partial charge on any atom is 0.573 e. The molecule has 0 radical (unpaired) electrons. The van der Waals surface area contributed by atoms with E-state index in [1.165, 1.54) is 12.1 Å². The Morgan fingerprint density at radius 1 is 1.09 bits per heavy atom. The molecule has 0 heterocycles. The number of halogens is 4. The minimum Gasteiger partial charge on any atom is -0.484 e. The van der Waals surface area contributed by atoms with Crippen LogP contribution >= 0.6 is 15.9 Å². The van der Waals surface area contributed by atoms with Crippen LogP contribution in [0.25, 0.3) is 0 Å². The van der Waals surface area contributed by atoms with Crippen molar-refractivity contribution in [2.75, 3.05) is 11.9 Å². The van der Waals surface area contributed by atoms with Crippen LogP contribution in [0, 0.1) is 0 Å². The summed E-state index contributed by atoms with van der Waals surface area (Å²) in [6.45, 7) is -0.272. The van der Waals surface area contributed by atoms with Crippen LogP contribution < -0.4 is 14.8 Å². The van der Waals surface area contributed by atoms with Gasteiger partial charge in [0.05, 0.1) is 0 Å². The van der Waals surface area contributed by atoms with Crippen LogP contribution in [0.2, 0.25) is 0 Å². The standard InChI is InChI=1S/C15H11BrF3NO3/c16-10-4-6-12(7-5-10)22-9-14(21)20-11-2-1-3-13(8-11)23-15(17,18)19/h1-8H,9H2,(H,20,21). The number of nitrogens with one attached hydrogen (secondary N) is 1.